The highest BCUT2D eigenvalue weighted by Crippen LogP contribution is 2.26. The zero-order valence-corrected chi connectivity index (χ0v) is 8.10. The van der Waals surface area contributed by atoms with Crippen molar-refractivity contribution in [1.29, 1.82) is 0 Å². The van der Waals surface area contributed by atoms with E-state index in [2.05, 4.69) is 10.2 Å². The molecule has 0 radical (unpaired) electrons. The average molecular weight is 189 g/mol. The number of aromatic nitrogens is 3. The van der Waals surface area contributed by atoms with Crippen LogP contribution in [0.25, 0.3) is 5.69 Å². The molecule has 4 heteroatoms. The van der Waals surface area contributed by atoms with Gasteiger partial charge in [-0.25, -0.2) is 0 Å². The van der Waals surface area contributed by atoms with Gasteiger partial charge in [0.15, 0.2) is 0 Å². The van der Waals surface area contributed by atoms with Gasteiger partial charge in [0.2, 0.25) is 0 Å². The maximum Gasteiger partial charge on any atom is 0.142 e. The molecule has 4 nitrogen and oxygen atoms in total. The third-order valence-corrected chi connectivity index (χ3v) is 2.12. The van der Waals surface area contributed by atoms with Gasteiger partial charge in [-0.15, -0.1) is 10.2 Å². The van der Waals surface area contributed by atoms with Crippen molar-refractivity contribution >= 4 is 0 Å². The van der Waals surface area contributed by atoms with Gasteiger partial charge >= 0.3 is 0 Å². The first kappa shape index (κ1) is 8.74. The zero-order chi connectivity index (χ0) is 10.1. The molecule has 0 fully saturated rings. The summed E-state index contributed by atoms with van der Waals surface area (Å²) in [5.74, 6) is 0.274. The van der Waals surface area contributed by atoms with Crippen LogP contribution in [0.1, 0.15) is 11.1 Å². The number of nitrogens with zero attached hydrogens (tertiary/aromatic N) is 3. The summed E-state index contributed by atoms with van der Waals surface area (Å²) in [6, 6.07) is 3.83. The molecule has 0 amide bonds. The minimum Gasteiger partial charge on any atom is -0.505 e. The number of benzene rings is 1. The van der Waals surface area contributed by atoms with Crippen molar-refractivity contribution in [1.82, 2.24) is 14.8 Å². The van der Waals surface area contributed by atoms with Gasteiger partial charge in [0.25, 0.3) is 0 Å². The van der Waals surface area contributed by atoms with Crippen LogP contribution < -0.4 is 0 Å². The molecule has 1 aromatic carbocycles. The molecule has 1 aromatic heterocycles. The lowest BCUT2D eigenvalue weighted by Gasteiger charge is -2.08. The number of phenolic OH excluding ortho intramolecular Hbond substituents is 1. The van der Waals surface area contributed by atoms with Crippen LogP contribution in [0.15, 0.2) is 24.8 Å². The summed E-state index contributed by atoms with van der Waals surface area (Å²) in [6.45, 7) is 3.86. The fourth-order valence-corrected chi connectivity index (χ4v) is 1.46. The van der Waals surface area contributed by atoms with Crippen molar-refractivity contribution in [3.8, 4) is 11.4 Å². The Labute approximate surface area is 81.8 Å². The van der Waals surface area contributed by atoms with Crippen LogP contribution in [-0.2, 0) is 0 Å². The molecule has 2 aromatic rings. The SMILES string of the molecule is Cc1cc(C)c(O)c(-n2cnnc2)c1. The van der Waals surface area contributed by atoms with Crippen molar-refractivity contribution in [2.24, 2.45) is 0 Å². The number of hydrogen-bond donors (Lipinski definition) is 1. The van der Waals surface area contributed by atoms with Gasteiger partial charge in [-0.2, -0.15) is 0 Å². The molecule has 1 N–H and O–H groups in total. The number of rotatable bonds is 1. The van der Waals surface area contributed by atoms with Gasteiger partial charge in [0.1, 0.15) is 18.4 Å². The summed E-state index contributed by atoms with van der Waals surface area (Å²) in [7, 11) is 0. The lowest BCUT2D eigenvalue weighted by atomic mass is 10.1. The van der Waals surface area contributed by atoms with Crippen LogP contribution in [0, 0.1) is 13.8 Å². The van der Waals surface area contributed by atoms with Crippen molar-refractivity contribution in [2.75, 3.05) is 0 Å². The van der Waals surface area contributed by atoms with E-state index in [0.717, 1.165) is 11.1 Å². The minimum atomic E-state index is 0.274. The molecule has 1 heterocycles. The molecule has 0 saturated heterocycles. The Hall–Kier alpha value is -1.84. The van der Waals surface area contributed by atoms with E-state index in [-0.39, 0.29) is 5.75 Å². The first-order valence-electron chi connectivity index (χ1n) is 4.33. The molecule has 0 aliphatic carbocycles. The highest BCUT2D eigenvalue weighted by Gasteiger charge is 2.06. The molecule has 0 saturated carbocycles. The third-order valence-electron chi connectivity index (χ3n) is 2.12. The quantitative estimate of drug-likeness (QED) is 0.741. The van der Waals surface area contributed by atoms with Gasteiger partial charge in [-0.1, -0.05) is 6.07 Å². The first-order chi connectivity index (χ1) is 6.68. The Bertz CT molecular complexity index is 449. The van der Waals surface area contributed by atoms with Gasteiger partial charge < -0.3 is 5.11 Å². The summed E-state index contributed by atoms with van der Waals surface area (Å²) in [6.07, 6.45) is 3.13. The van der Waals surface area contributed by atoms with E-state index in [1.807, 2.05) is 26.0 Å². The number of hydrogen-bond acceptors (Lipinski definition) is 3. The maximum absolute atomic E-state index is 9.82. The standard InChI is InChI=1S/C10H11N3O/c1-7-3-8(2)10(14)9(4-7)13-5-11-12-6-13/h3-6,14H,1-2H3. The summed E-state index contributed by atoms with van der Waals surface area (Å²) >= 11 is 0. The molecular formula is C10H11N3O. The molecule has 14 heavy (non-hydrogen) atoms. The van der Waals surface area contributed by atoms with Gasteiger partial charge in [0, 0.05) is 0 Å². The van der Waals surface area contributed by atoms with Crippen LogP contribution in [0.2, 0.25) is 0 Å². The van der Waals surface area contributed by atoms with E-state index in [0.29, 0.717) is 5.69 Å². The summed E-state index contributed by atoms with van der Waals surface area (Å²) < 4.78 is 1.69. The predicted molar refractivity (Wildman–Crippen MR) is 52.5 cm³/mol. The monoisotopic (exact) mass is 189 g/mol. The number of phenols is 1. The highest BCUT2D eigenvalue weighted by molar-refractivity contribution is 5.52. The number of aromatic hydroxyl groups is 1. The number of aryl methyl sites for hydroxylation is 2. The molecule has 0 unspecified atom stereocenters. The molecule has 0 aliphatic rings. The van der Waals surface area contributed by atoms with Crippen molar-refractivity contribution in [2.45, 2.75) is 13.8 Å². The van der Waals surface area contributed by atoms with E-state index < -0.39 is 0 Å². The first-order valence-corrected chi connectivity index (χ1v) is 4.33. The second-order valence-corrected chi connectivity index (χ2v) is 3.32. The molecule has 0 atom stereocenters. The largest absolute Gasteiger partial charge is 0.505 e. The normalized spacial score (nSPS) is 10.4. The maximum atomic E-state index is 9.82. The van der Waals surface area contributed by atoms with Gasteiger partial charge in [-0.05, 0) is 31.0 Å². The van der Waals surface area contributed by atoms with Crippen LogP contribution in [-0.4, -0.2) is 19.9 Å². The fourth-order valence-electron chi connectivity index (χ4n) is 1.46. The van der Waals surface area contributed by atoms with Gasteiger partial charge in [0.05, 0.1) is 5.69 Å². The molecule has 0 aliphatic heterocycles. The third kappa shape index (κ3) is 1.35. The van der Waals surface area contributed by atoms with Crippen molar-refractivity contribution in [3.63, 3.8) is 0 Å². The molecule has 0 bridgehead atoms. The van der Waals surface area contributed by atoms with Crippen molar-refractivity contribution in [3.05, 3.63) is 35.9 Å². The Morgan fingerprint density at radius 1 is 1.14 bits per heavy atom. The van der Waals surface area contributed by atoms with Crippen LogP contribution in [0.5, 0.6) is 5.75 Å². The highest BCUT2D eigenvalue weighted by atomic mass is 16.3. The predicted octanol–water partition coefficient (Wildman–Crippen LogP) is 1.59. The van der Waals surface area contributed by atoms with E-state index >= 15 is 0 Å². The van der Waals surface area contributed by atoms with Crippen LogP contribution in [0.3, 0.4) is 0 Å². The Morgan fingerprint density at radius 3 is 2.43 bits per heavy atom. The molecule has 0 spiro atoms. The summed E-state index contributed by atoms with van der Waals surface area (Å²) in [5, 5.41) is 17.2. The lowest BCUT2D eigenvalue weighted by Crippen LogP contribution is -1.93. The van der Waals surface area contributed by atoms with Crippen LogP contribution in [0.4, 0.5) is 0 Å². The smallest absolute Gasteiger partial charge is 0.142 e. The Morgan fingerprint density at radius 2 is 1.79 bits per heavy atom. The molecular weight excluding hydrogens is 178 g/mol. The molecule has 72 valence electrons. The topological polar surface area (TPSA) is 50.9 Å². The Kier molecular flexibility index (Phi) is 1.96. The van der Waals surface area contributed by atoms with Crippen molar-refractivity contribution < 1.29 is 5.11 Å². The average Bonchev–Trinajstić information content (AvgIpc) is 2.63. The lowest BCUT2D eigenvalue weighted by molar-refractivity contribution is 0.468. The second kappa shape index (κ2) is 3.14. The second-order valence-electron chi connectivity index (χ2n) is 3.32. The zero-order valence-electron chi connectivity index (χ0n) is 8.10. The summed E-state index contributed by atoms with van der Waals surface area (Å²) in [4.78, 5) is 0. The van der Waals surface area contributed by atoms with E-state index in [1.54, 1.807) is 17.2 Å². The minimum absolute atomic E-state index is 0.274. The van der Waals surface area contributed by atoms with Crippen LogP contribution >= 0.6 is 0 Å². The Balaban J connectivity index is 2.64. The van der Waals surface area contributed by atoms with E-state index in [4.69, 9.17) is 0 Å². The van der Waals surface area contributed by atoms with Gasteiger partial charge in [-0.3, -0.25) is 4.57 Å². The van der Waals surface area contributed by atoms with E-state index in [9.17, 15) is 5.11 Å². The van der Waals surface area contributed by atoms with E-state index in [1.165, 1.54) is 0 Å². The molecule has 2 rings (SSSR count). The summed E-state index contributed by atoms with van der Waals surface area (Å²) in [5.41, 5.74) is 2.67. The fraction of sp³-hybridized carbons (Fsp3) is 0.200.